The van der Waals surface area contributed by atoms with Gasteiger partial charge in [-0.05, 0) is 34.5 Å². The van der Waals surface area contributed by atoms with Crippen LogP contribution in [0.15, 0.2) is 46.9 Å². The SMILES string of the molecule is Cc1nc2cc(OCc3ccccc3)cc(Br)c2s1. The van der Waals surface area contributed by atoms with Gasteiger partial charge in [0.1, 0.15) is 12.4 Å². The van der Waals surface area contributed by atoms with E-state index in [0.29, 0.717) is 6.61 Å². The second-order valence-corrected chi connectivity index (χ2v) is 6.32. The highest BCUT2D eigenvalue weighted by atomic mass is 79.9. The Bertz CT molecular complexity index is 709. The highest BCUT2D eigenvalue weighted by Crippen LogP contribution is 2.33. The monoisotopic (exact) mass is 333 g/mol. The molecule has 0 N–H and O–H groups in total. The number of ether oxygens (including phenoxy) is 1. The van der Waals surface area contributed by atoms with Crippen molar-refractivity contribution in [2.45, 2.75) is 13.5 Å². The van der Waals surface area contributed by atoms with Crippen LogP contribution in [0.5, 0.6) is 5.75 Å². The quantitative estimate of drug-likeness (QED) is 0.676. The molecule has 2 aromatic carbocycles. The first-order valence-electron chi connectivity index (χ1n) is 5.96. The predicted molar refractivity (Wildman–Crippen MR) is 82.8 cm³/mol. The molecule has 0 spiro atoms. The van der Waals surface area contributed by atoms with E-state index in [-0.39, 0.29) is 0 Å². The molecular formula is C15H12BrNOS. The lowest BCUT2D eigenvalue weighted by Gasteiger charge is -2.07. The first-order valence-corrected chi connectivity index (χ1v) is 7.57. The van der Waals surface area contributed by atoms with Gasteiger partial charge in [-0.3, -0.25) is 0 Å². The molecule has 0 aliphatic rings. The van der Waals surface area contributed by atoms with Gasteiger partial charge >= 0.3 is 0 Å². The van der Waals surface area contributed by atoms with Crippen LogP contribution in [-0.4, -0.2) is 4.98 Å². The highest BCUT2D eigenvalue weighted by Gasteiger charge is 2.07. The second-order valence-electron chi connectivity index (χ2n) is 4.26. The van der Waals surface area contributed by atoms with E-state index in [1.807, 2.05) is 37.3 Å². The Hall–Kier alpha value is -1.39. The van der Waals surface area contributed by atoms with Gasteiger partial charge < -0.3 is 4.74 Å². The van der Waals surface area contributed by atoms with E-state index in [1.54, 1.807) is 11.3 Å². The van der Waals surface area contributed by atoms with E-state index >= 15 is 0 Å². The van der Waals surface area contributed by atoms with Crippen LogP contribution < -0.4 is 4.74 Å². The van der Waals surface area contributed by atoms with E-state index in [2.05, 4.69) is 33.0 Å². The molecule has 0 amide bonds. The van der Waals surface area contributed by atoms with Crippen LogP contribution in [0.2, 0.25) is 0 Å². The minimum absolute atomic E-state index is 0.571. The van der Waals surface area contributed by atoms with Gasteiger partial charge in [0.05, 0.1) is 15.2 Å². The molecule has 0 saturated carbocycles. The molecule has 0 aliphatic carbocycles. The van der Waals surface area contributed by atoms with Crippen LogP contribution in [-0.2, 0) is 6.61 Å². The first-order chi connectivity index (χ1) is 9.22. The van der Waals surface area contributed by atoms with Gasteiger partial charge in [0.15, 0.2) is 0 Å². The summed E-state index contributed by atoms with van der Waals surface area (Å²) in [6.45, 7) is 2.59. The Morgan fingerprint density at radius 3 is 2.79 bits per heavy atom. The third-order valence-corrected chi connectivity index (χ3v) is 4.68. The number of benzene rings is 2. The van der Waals surface area contributed by atoms with Gasteiger partial charge in [0.25, 0.3) is 0 Å². The molecule has 1 aromatic heterocycles. The zero-order valence-corrected chi connectivity index (χ0v) is 12.8. The maximum atomic E-state index is 5.82. The molecule has 0 unspecified atom stereocenters. The van der Waals surface area contributed by atoms with Crippen molar-refractivity contribution in [2.75, 3.05) is 0 Å². The number of hydrogen-bond donors (Lipinski definition) is 0. The van der Waals surface area contributed by atoms with Crippen molar-refractivity contribution < 1.29 is 4.74 Å². The lowest BCUT2D eigenvalue weighted by molar-refractivity contribution is 0.306. The van der Waals surface area contributed by atoms with E-state index in [1.165, 1.54) is 4.70 Å². The van der Waals surface area contributed by atoms with E-state index in [9.17, 15) is 0 Å². The van der Waals surface area contributed by atoms with E-state index in [4.69, 9.17) is 4.74 Å². The number of nitrogens with zero attached hydrogens (tertiary/aromatic N) is 1. The lowest BCUT2D eigenvalue weighted by atomic mass is 10.2. The molecule has 0 atom stereocenters. The summed E-state index contributed by atoms with van der Waals surface area (Å²) in [6.07, 6.45) is 0. The first kappa shape index (κ1) is 12.6. The number of rotatable bonds is 3. The summed E-state index contributed by atoms with van der Waals surface area (Å²) in [7, 11) is 0. The van der Waals surface area contributed by atoms with Crippen LogP contribution in [0.3, 0.4) is 0 Å². The Labute approximate surface area is 124 Å². The Balaban J connectivity index is 1.85. The maximum Gasteiger partial charge on any atom is 0.123 e. The van der Waals surface area contributed by atoms with Gasteiger partial charge in [0, 0.05) is 10.5 Å². The molecular weight excluding hydrogens is 322 g/mol. The molecule has 3 rings (SSSR count). The van der Waals surface area contributed by atoms with Gasteiger partial charge in [-0.1, -0.05) is 30.3 Å². The van der Waals surface area contributed by atoms with E-state index < -0.39 is 0 Å². The number of halogens is 1. The Morgan fingerprint density at radius 1 is 1.21 bits per heavy atom. The predicted octanol–water partition coefficient (Wildman–Crippen LogP) is 4.95. The molecule has 0 aliphatic heterocycles. The number of thiazole rings is 1. The van der Waals surface area contributed by atoms with Crippen LogP contribution in [0, 0.1) is 6.92 Å². The van der Waals surface area contributed by atoms with Gasteiger partial charge in [-0.15, -0.1) is 11.3 Å². The molecule has 1 heterocycles. The molecule has 0 saturated heterocycles. The largest absolute Gasteiger partial charge is 0.489 e. The molecule has 0 radical (unpaired) electrons. The minimum atomic E-state index is 0.571. The molecule has 96 valence electrons. The van der Waals surface area contributed by atoms with Gasteiger partial charge in [-0.25, -0.2) is 4.98 Å². The highest BCUT2D eigenvalue weighted by molar-refractivity contribution is 9.10. The molecule has 2 nitrogen and oxygen atoms in total. The summed E-state index contributed by atoms with van der Waals surface area (Å²) < 4.78 is 8.04. The van der Waals surface area contributed by atoms with Crippen LogP contribution in [0.1, 0.15) is 10.6 Å². The summed E-state index contributed by atoms with van der Waals surface area (Å²) >= 11 is 5.27. The van der Waals surface area contributed by atoms with Crippen molar-refractivity contribution in [3.8, 4) is 5.75 Å². The topological polar surface area (TPSA) is 22.1 Å². The summed E-state index contributed by atoms with van der Waals surface area (Å²) in [4.78, 5) is 4.50. The van der Waals surface area contributed by atoms with Crippen molar-refractivity contribution in [2.24, 2.45) is 0 Å². The van der Waals surface area contributed by atoms with Crippen molar-refractivity contribution in [1.82, 2.24) is 4.98 Å². The number of hydrogen-bond acceptors (Lipinski definition) is 3. The fourth-order valence-electron chi connectivity index (χ4n) is 1.90. The number of aryl methyl sites for hydroxylation is 1. The zero-order valence-electron chi connectivity index (χ0n) is 10.4. The smallest absolute Gasteiger partial charge is 0.123 e. The fourth-order valence-corrected chi connectivity index (χ4v) is 3.38. The van der Waals surface area contributed by atoms with Crippen LogP contribution in [0.25, 0.3) is 10.2 Å². The summed E-state index contributed by atoms with van der Waals surface area (Å²) in [6, 6.07) is 14.1. The Morgan fingerprint density at radius 2 is 2.00 bits per heavy atom. The third-order valence-electron chi connectivity index (χ3n) is 2.77. The number of aromatic nitrogens is 1. The third kappa shape index (κ3) is 2.80. The average Bonchev–Trinajstić information content (AvgIpc) is 2.79. The molecule has 0 bridgehead atoms. The molecule has 0 fully saturated rings. The molecule has 3 aromatic rings. The summed E-state index contributed by atoms with van der Waals surface area (Å²) in [5.74, 6) is 0.841. The average molecular weight is 334 g/mol. The minimum Gasteiger partial charge on any atom is -0.489 e. The van der Waals surface area contributed by atoms with Crippen molar-refractivity contribution in [1.29, 1.82) is 0 Å². The van der Waals surface area contributed by atoms with Crippen LogP contribution >= 0.6 is 27.3 Å². The van der Waals surface area contributed by atoms with Gasteiger partial charge in [0.2, 0.25) is 0 Å². The van der Waals surface area contributed by atoms with Crippen molar-refractivity contribution in [3.63, 3.8) is 0 Å². The molecule has 19 heavy (non-hydrogen) atoms. The standard InChI is InChI=1S/C15H12BrNOS/c1-10-17-14-8-12(7-13(16)15(14)19-10)18-9-11-5-3-2-4-6-11/h2-8H,9H2,1H3. The number of fused-ring (bicyclic) bond motifs is 1. The van der Waals surface area contributed by atoms with Crippen molar-refractivity contribution >= 4 is 37.5 Å². The summed E-state index contributed by atoms with van der Waals surface area (Å²) in [5.41, 5.74) is 2.15. The van der Waals surface area contributed by atoms with Crippen LogP contribution in [0.4, 0.5) is 0 Å². The fraction of sp³-hybridized carbons (Fsp3) is 0.133. The summed E-state index contributed by atoms with van der Waals surface area (Å²) in [5, 5.41) is 1.07. The zero-order chi connectivity index (χ0) is 13.2. The van der Waals surface area contributed by atoms with Gasteiger partial charge in [-0.2, -0.15) is 0 Å². The maximum absolute atomic E-state index is 5.82. The lowest BCUT2D eigenvalue weighted by Crippen LogP contribution is -1.94. The van der Waals surface area contributed by atoms with Crippen molar-refractivity contribution in [3.05, 3.63) is 57.5 Å². The van der Waals surface area contributed by atoms with E-state index in [0.717, 1.165) is 26.3 Å². The Kier molecular flexibility index (Phi) is 3.53. The normalized spacial score (nSPS) is 10.8. The molecule has 4 heteroatoms. The second kappa shape index (κ2) is 5.31.